The average molecular weight is 397 g/mol. The lowest BCUT2D eigenvalue weighted by atomic mass is 10.1. The second kappa shape index (κ2) is 7.59. The maximum Gasteiger partial charge on any atom is 0.227 e. The van der Waals surface area contributed by atoms with Crippen LogP contribution in [0.15, 0.2) is 30.6 Å². The molecule has 0 atom stereocenters. The molecule has 0 saturated carbocycles. The van der Waals surface area contributed by atoms with Crippen LogP contribution in [0.25, 0.3) is 0 Å². The fraction of sp³-hybridized carbons (Fsp3) is 0.375. The molecular formula is C16H20IN3O. The molecule has 0 unspecified atom stereocenters. The SMILES string of the molecule is CCCNc1ncnc(Oc2ccc(I)cc2)c1C(C)C. The van der Waals surface area contributed by atoms with Crippen LogP contribution in [0.2, 0.25) is 0 Å². The molecule has 2 aromatic rings. The molecule has 0 saturated heterocycles. The van der Waals surface area contributed by atoms with Gasteiger partial charge in [-0.3, -0.25) is 0 Å². The first-order chi connectivity index (χ1) is 10.1. The Kier molecular flexibility index (Phi) is 5.78. The quantitative estimate of drug-likeness (QED) is 0.711. The topological polar surface area (TPSA) is 47.0 Å². The van der Waals surface area contributed by atoms with Crippen molar-refractivity contribution in [2.45, 2.75) is 33.1 Å². The molecule has 1 aromatic heterocycles. The number of hydrogen-bond donors (Lipinski definition) is 1. The van der Waals surface area contributed by atoms with Gasteiger partial charge < -0.3 is 10.1 Å². The fourth-order valence-corrected chi connectivity index (χ4v) is 2.34. The number of aromatic nitrogens is 2. The van der Waals surface area contributed by atoms with E-state index in [4.69, 9.17) is 4.74 Å². The van der Waals surface area contributed by atoms with Crippen LogP contribution >= 0.6 is 22.6 Å². The van der Waals surface area contributed by atoms with Gasteiger partial charge in [-0.25, -0.2) is 9.97 Å². The summed E-state index contributed by atoms with van der Waals surface area (Å²) in [5.41, 5.74) is 1.02. The molecule has 0 aliphatic rings. The lowest BCUT2D eigenvalue weighted by Gasteiger charge is -2.16. The maximum absolute atomic E-state index is 5.95. The predicted molar refractivity (Wildman–Crippen MR) is 94.1 cm³/mol. The van der Waals surface area contributed by atoms with Gasteiger partial charge in [0, 0.05) is 10.1 Å². The molecule has 4 nitrogen and oxygen atoms in total. The van der Waals surface area contributed by atoms with E-state index in [9.17, 15) is 0 Å². The van der Waals surface area contributed by atoms with Crippen molar-refractivity contribution < 1.29 is 4.74 Å². The second-order valence-electron chi connectivity index (χ2n) is 5.08. The molecular weight excluding hydrogens is 377 g/mol. The largest absolute Gasteiger partial charge is 0.439 e. The van der Waals surface area contributed by atoms with Gasteiger partial charge >= 0.3 is 0 Å². The highest BCUT2D eigenvalue weighted by Crippen LogP contribution is 2.33. The first-order valence-electron chi connectivity index (χ1n) is 7.14. The molecule has 0 fully saturated rings. The van der Waals surface area contributed by atoms with Gasteiger partial charge in [-0.05, 0) is 59.2 Å². The van der Waals surface area contributed by atoms with Crippen molar-refractivity contribution in [3.05, 3.63) is 39.7 Å². The molecule has 0 aliphatic heterocycles. The summed E-state index contributed by atoms with van der Waals surface area (Å²) < 4.78 is 7.13. The number of anilines is 1. The van der Waals surface area contributed by atoms with Crippen LogP contribution in [0.1, 0.15) is 38.7 Å². The monoisotopic (exact) mass is 397 g/mol. The summed E-state index contributed by atoms with van der Waals surface area (Å²) in [5.74, 6) is 2.56. The van der Waals surface area contributed by atoms with Gasteiger partial charge in [0.2, 0.25) is 5.88 Å². The fourth-order valence-electron chi connectivity index (χ4n) is 1.98. The Balaban J connectivity index is 2.31. The van der Waals surface area contributed by atoms with Crippen molar-refractivity contribution in [3.63, 3.8) is 0 Å². The standard InChI is InChI=1S/C16H20IN3O/c1-4-9-18-15-14(11(2)3)16(20-10-19-15)21-13-7-5-12(17)6-8-13/h5-8,10-11H,4,9H2,1-3H3,(H,18,19,20). The third-order valence-corrected chi connectivity index (χ3v) is 3.71. The molecule has 1 N–H and O–H groups in total. The molecule has 1 heterocycles. The molecule has 0 aliphatic carbocycles. The second-order valence-corrected chi connectivity index (χ2v) is 6.32. The molecule has 21 heavy (non-hydrogen) atoms. The van der Waals surface area contributed by atoms with Crippen LogP contribution < -0.4 is 10.1 Å². The Morgan fingerprint density at radius 1 is 1.19 bits per heavy atom. The van der Waals surface area contributed by atoms with Crippen molar-refractivity contribution in [2.75, 3.05) is 11.9 Å². The summed E-state index contributed by atoms with van der Waals surface area (Å²) in [7, 11) is 0. The summed E-state index contributed by atoms with van der Waals surface area (Å²) in [4.78, 5) is 8.66. The van der Waals surface area contributed by atoms with Crippen LogP contribution in [0, 0.1) is 3.57 Å². The highest BCUT2D eigenvalue weighted by Gasteiger charge is 2.16. The zero-order chi connectivity index (χ0) is 15.2. The smallest absolute Gasteiger partial charge is 0.227 e. The van der Waals surface area contributed by atoms with Crippen LogP contribution in [0.4, 0.5) is 5.82 Å². The number of nitrogens with zero attached hydrogens (tertiary/aromatic N) is 2. The first kappa shape index (κ1) is 16.0. The zero-order valence-corrected chi connectivity index (χ0v) is 14.7. The molecule has 1 aromatic carbocycles. The summed E-state index contributed by atoms with van der Waals surface area (Å²) in [6.07, 6.45) is 2.60. The Labute approximate surface area is 139 Å². The van der Waals surface area contributed by atoms with E-state index in [2.05, 4.69) is 58.6 Å². The van der Waals surface area contributed by atoms with E-state index in [1.54, 1.807) is 6.33 Å². The minimum atomic E-state index is 0.282. The van der Waals surface area contributed by atoms with Crippen molar-refractivity contribution in [2.24, 2.45) is 0 Å². The van der Waals surface area contributed by atoms with E-state index in [1.807, 2.05) is 24.3 Å². The molecule has 2 rings (SSSR count). The molecule has 112 valence electrons. The highest BCUT2D eigenvalue weighted by atomic mass is 127. The van der Waals surface area contributed by atoms with Gasteiger partial charge in [-0.1, -0.05) is 20.8 Å². The Morgan fingerprint density at radius 3 is 2.52 bits per heavy atom. The summed E-state index contributed by atoms with van der Waals surface area (Å²) in [5, 5.41) is 3.35. The van der Waals surface area contributed by atoms with Crippen molar-refractivity contribution in [1.29, 1.82) is 0 Å². The van der Waals surface area contributed by atoms with E-state index in [1.165, 1.54) is 3.57 Å². The van der Waals surface area contributed by atoms with Crippen molar-refractivity contribution in [3.8, 4) is 11.6 Å². The Hall–Kier alpha value is -1.37. The van der Waals surface area contributed by atoms with Gasteiger partial charge in [0.25, 0.3) is 0 Å². The minimum Gasteiger partial charge on any atom is -0.439 e. The number of benzene rings is 1. The van der Waals surface area contributed by atoms with E-state index in [0.717, 1.165) is 30.1 Å². The maximum atomic E-state index is 5.95. The van der Waals surface area contributed by atoms with Gasteiger partial charge in [0.15, 0.2) is 0 Å². The number of halogens is 1. The Bertz CT molecular complexity index is 585. The average Bonchev–Trinajstić information content (AvgIpc) is 2.47. The number of rotatable bonds is 6. The van der Waals surface area contributed by atoms with E-state index in [0.29, 0.717) is 5.88 Å². The normalized spacial score (nSPS) is 10.7. The van der Waals surface area contributed by atoms with Gasteiger partial charge in [0.1, 0.15) is 17.9 Å². The van der Waals surface area contributed by atoms with Crippen LogP contribution in [0.3, 0.4) is 0 Å². The number of nitrogens with one attached hydrogen (secondary N) is 1. The summed E-state index contributed by atoms with van der Waals surface area (Å²) >= 11 is 2.27. The zero-order valence-electron chi connectivity index (χ0n) is 12.6. The molecule has 0 radical (unpaired) electrons. The molecule has 0 amide bonds. The third kappa shape index (κ3) is 4.30. The molecule has 0 bridgehead atoms. The van der Waals surface area contributed by atoms with Gasteiger partial charge in [-0.15, -0.1) is 0 Å². The van der Waals surface area contributed by atoms with E-state index < -0.39 is 0 Å². The lowest BCUT2D eigenvalue weighted by Crippen LogP contribution is -2.08. The lowest BCUT2D eigenvalue weighted by molar-refractivity contribution is 0.451. The highest BCUT2D eigenvalue weighted by molar-refractivity contribution is 14.1. The van der Waals surface area contributed by atoms with E-state index in [-0.39, 0.29) is 5.92 Å². The van der Waals surface area contributed by atoms with Gasteiger partial charge in [0.05, 0.1) is 5.56 Å². The van der Waals surface area contributed by atoms with Crippen molar-refractivity contribution >= 4 is 28.4 Å². The number of ether oxygens (including phenoxy) is 1. The minimum absolute atomic E-state index is 0.282. The van der Waals surface area contributed by atoms with Crippen LogP contribution in [0.5, 0.6) is 11.6 Å². The first-order valence-corrected chi connectivity index (χ1v) is 8.21. The van der Waals surface area contributed by atoms with Gasteiger partial charge in [-0.2, -0.15) is 0 Å². The van der Waals surface area contributed by atoms with Crippen LogP contribution in [-0.2, 0) is 0 Å². The van der Waals surface area contributed by atoms with E-state index >= 15 is 0 Å². The summed E-state index contributed by atoms with van der Waals surface area (Å²) in [6.45, 7) is 7.26. The summed E-state index contributed by atoms with van der Waals surface area (Å²) in [6, 6.07) is 7.94. The van der Waals surface area contributed by atoms with Crippen molar-refractivity contribution in [1.82, 2.24) is 9.97 Å². The third-order valence-electron chi connectivity index (χ3n) is 3.00. The number of hydrogen-bond acceptors (Lipinski definition) is 4. The van der Waals surface area contributed by atoms with Crippen LogP contribution in [-0.4, -0.2) is 16.5 Å². The predicted octanol–water partition coefficient (Wildman–Crippen LogP) is 4.82. The molecule has 5 heteroatoms. The molecule has 0 spiro atoms. The Morgan fingerprint density at radius 2 is 1.90 bits per heavy atom.